The number of amides is 1. The first-order valence-electron chi connectivity index (χ1n) is 9.66. The van der Waals surface area contributed by atoms with E-state index in [0.29, 0.717) is 5.02 Å². The Hall–Kier alpha value is -1.88. The SMILES string of the molecule is COC(=O)CC1CN(S(=O)(=O)c2cc3ccc(Cl)cc3s2)CCN1C(=O)OC(C)(C)C. The monoisotopic (exact) mass is 488 g/mol. The minimum Gasteiger partial charge on any atom is -0.469 e. The van der Waals surface area contributed by atoms with E-state index < -0.39 is 33.7 Å². The molecule has 1 aliphatic rings. The summed E-state index contributed by atoms with van der Waals surface area (Å²) in [5.74, 6) is -0.533. The lowest BCUT2D eigenvalue weighted by molar-refractivity contribution is -0.142. The van der Waals surface area contributed by atoms with Crippen LogP contribution in [0.4, 0.5) is 4.79 Å². The fourth-order valence-electron chi connectivity index (χ4n) is 3.29. The molecule has 0 radical (unpaired) electrons. The summed E-state index contributed by atoms with van der Waals surface area (Å²) in [7, 11) is -2.57. The number of esters is 1. The Morgan fingerprint density at radius 3 is 2.58 bits per heavy atom. The van der Waals surface area contributed by atoms with Gasteiger partial charge in [-0.3, -0.25) is 4.79 Å². The standard InChI is InChI=1S/C20H25ClN2O6S2/c1-20(2,3)29-19(25)23-8-7-22(12-15(23)11-17(24)28-4)31(26,27)18-9-13-5-6-14(21)10-16(13)30-18/h5-6,9-10,15H,7-8,11-12H2,1-4H3. The van der Waals surface area contributed by atoms with Crippen molar-refractivity contribution in [2.45, 2.75) is 43.0 Å². The van der Waals surface area contributed by atoms with Gasteiger partial charge in [0.05, 0.1) is 19.6 Å². The van der Waals surface area contributed by atoms with Crippen molar-refractivity contribution in [3.8, 4) is 0 Å². The first-order valence-corrected chi connectivity index (χ1v) is 12.3. The van der Waals surface area contributed by atoms with E-state index in [1.54, 1.807) is 45.0 Å². The van der Waals surface area contributed by atoms with Crippen LogP contribution in [-0.2, 0) is 24.3 Å². The maximum Gasteiger partial charge on any atom is 0.410 e. The summed E-state index contributed by atoms with van der Waals surface area (Å²) >= 11 is 7.15. The average Bonchev–Trinajstić information content (AvgIpc) is 3.10. The molecule has 0 saturated carbocycles. The van der Waals surface area contributed by atoms with Crippen molar-refractivity contribution in [3.05, 3.63) is 29.3 Å². The number of carbonyl (C=O) groups excluding carboxylic acids is 2. The predicted octanol–water partition coefficient (Wildman–Crippen LogP) is 3.73. The van der Waals surface area contributed by atoms with Gasteiger partial charge in [0.15, 0.2) is 0 Å². The highest BCUT2D eigenvalue weighted by atomic mass is 35.5. The zero-order valence-corrected chi connectivity index (χ0v) is 20.1. The first kappa shape index (κ1) is 23.8. The molecule has 1 unspecified atom stereocenters. The number of nitrogens with zero attached hydrogens (tertiary/aromatic N) is 2. The summed E-state index contributed by atoms with van der Waals surface area (Å²) in [6.07, 6.45) is -0.723. The molecule has 1 aromatic carbocycles. The second-order valence-corrected chi connectivity index (χ2v) is 11.9. The Kier molecular flexibility index (Phi) is 6.85. The highest BCUT2D eigenvalue weighted by Crippen LogP contribution is 2.33. The third kappa shape index (κ3) is 5.49. The van der Waals surface area contributed by atoms with Crippen LogP contribution in [0.25, 0.3) is 10.1 Å². The quantitative estimate of drug-likeness (QED) is 0.609. The summed E-state index contributed by atoms with van der Waals surface area (Å²) in [6.45, 7) is 5.39. The van der Waals surface area contributed by atoms with Crippen molar-refractivity contribution >= 4 is 55.1 Å². The van der Waals surface area contributed by atoms with Crippen LogP contribution in [0, 0.1) is 0 Å². The molecule has 170 valence electrons. The molecule has 1 aromatic heterocycles. The van der Waals surface area contributed by atoms with Crippen LogP contribution in [0.2, 0.25) is 5.02 Å². The van der Waals surface area contributed by atoms with Gasteiger partial charge in [-0.25, -0.2) is 13.2 Å². The minimum absolute atomic E-state index is 0.0360. The van der Waals surface area contributed by atoms with Crippen LogP contribution < -0.4 is 0 Å². The normalized spacial score (nSPS) is 18.2. The molecule has 0 aliphatic carbocycles. The van der Waals surface area contributed by atoms with E-state index in [-0.39, 0.29) is 30.3 Å². The zero-order chi connectivity index (χ0) is 23.0. The summed E-state index contributed by atoms with van der Waals surface area (Å²) in [5, 5.41) is 1.31. The van der Waals surface area contributed by atoms with Crippen molar-refractivity contribution < 1.29 is 27.5 Å². The minimum atomic E-state index is -3.82. The Labute approximate surface area is 190 Å². The largest absolute Gasteiger partial charge is 0.469 e. The molecule has 0 bridgehead atoms. The number of rotatable bonds is 4. The van der Waals surface area contributed by atoms with E-state index in [0.717, 1.165) is 21.4 Å². The molecule has 0 N–H and O–H groups in total. The van der Waals surface area contributed by atoms with Gasteiger partial charge in [-0.1, -0.05) is 17.7 Å². The van der Waals surface area contributed by atoms with Crippen LogP contribution in [-0.4, -0.2) is 68.1 Å². The Morgan fingerprint density at radius 2 is 1.94 bits per heavy atom. The van der Waals surface area contributed by atoms with Gasteiger partial charge >= 0.3 is 12.1 Å². The van der Waals surface area contributed by atoms with Crippen LogP contribution in [0.3, 0.4) is 0 Å². The molecule has 1 aliphatic heterocycles. The number of piperazine rings is 1. The molecule has 31 heavy (non-hydrogen) atoms. The third-order valence-corrected chi connectivity index (χ3v) is 8.40. The third-order valence-electron chi connectivity index (χ3n) is 4.76. The summed E-state index contributed by atoms with van der Waals surface area (Å²) in [5.41, 5.74) is -0.714. The predicted molar refractivity (Wildman–Crippen MR) is 119 cm³/mol. The molecular weight excluding hydrogens is 464 g/mol. The Bertz CT molecular complexity index is 1090. The molecule has 1 atom stereocenters. The van der Waals surface area contributed by atoms with Gasteiger partial charge in [0.2, 0.25) is 0 Å². The second-order valence-electron chi connectivity index (χ2n) is 8.22. The number of fused-ring (bicyclic) bond motifs is 1. The summed E-state index contributed by atoms with van der Waals surface area (Å²) in [6, 6.07) is 6.12. The van der Waals surface area contributed by atoms with Gasteiger partial charge in [0.1, 0.15) is 9.81 Å². The average molecular weight is 489 g/mol. The van der Waals surface area contributed by atoms with Crippen LogP contribution in [0.1, 0.15) is 27.2 Å². The van der Waals surface area contributed by atoms with Gasteiger partial charge < -0.3 is 14.4 Å². The number of hydrogen-bond donors (Lipinski definition) is 0. The van der Waals surface area contributed by atoms with E-state index in [1.165, 1.54) is 16.3 Å². The number of carbonyl (C=O) groups is 2. The van der Waals surface area contributed by atoms with Crippen LogP contribution in [0.5, 0.6) is 0 Å². The molecule has 1 saturated heterocycles. The zero-order valence-electron chi connectivity index (χ0n) is 17.8. The number of sulfonamides is 1. The van der Waals surface area contributed by atoms with Crippen molar-refractivity contribution in [1.82, 2.24) is 9.21 Å². The van der Waals surface area contributed by atoms with Crippen molar-refractivity contribution in [2.75, 3.05) is 26.7 Å². The maximum atomic E-state index is 13.3. The molecule has 2 aromatic rings. The second kappa shape index (κ2) is 8.93. The van der Waals surface area contributed by atoms with Gasteiger partial charge in [0.25, 0.3) is 10.0 Å². The van der Waals surface area contributed by atoms with Gasteiger partial charge in [-0.15, -0.1) is 11.3 Å². The number of methoxy groups -OCH3 is 1. The van der Waals surface area contributed by atoms with Gasteiger partial charge in [-0.2, -0.15) is 4.31 Å². The lowest BCUT2D eigenvalue weighted by Gasteiger charge is -2.40. The number of hydrogen-bond acceptors (Lipinski definition) is 7. The molecule has 1 fully saturated rings. The number of halogens is 1. The molecule has 8 nitrogen and oxygen atoms in total. The van der Waals surface area contributed by atoms with Gasteiger partial charge in [0, 0.05) is 29.4 Å². The summed E-state index contributed by atoms with van der Waals surface area (Å²) in [4.78, 5) is 26.0. The molecule has 0 spiro atoms. The van der Waals surface area contributed by atoms with E-state index in [9.17, 15) is 18.0 Å². The molecule has 1 amide bonds. The van der Waals surface area contributed by atoms with E-state index in [1.807, 2.05) is 0 Å². The van der Waals surface area contributed by atoms with Crippen molar-refractivity contribution in [1.29, 1.82) is 0 Å². The lowest BCUT2D eigenvalue weighted by atomic mass is 10.1. The van der Waals surface area contributed by atoms with Crippen LogP contribution in [0.15, 0.2) is 28.5 Å². The number of thiophene rings is 1. The molecule has 3 rings (SSSR count). The Morgan fingerprint density at radius 1 is 1.23 bits per heavy atom. The maximum absolute atomic E-state index is 13.3. The number of benzene rings is 1. The highest BCUT2D eigenvalue weighted by Gasteiger charge is 2.39. The van der Waals surface area contributed by atoms with E-state index >= 15 is 0 Å². The number of ether oxygens (including phenoxy) is 2. The fraction of sp³-hybridized carbons (Fsp3) is 0.500. The molecule has 11 heteroatoms. The lowest BCUT2D eigenvalue weighted by Crippen LogP contribution is -2.57. The van der Waals surface area contributed by atoms with Gasteiger partial charge in [-0.05, 0) is 44.4 Å². The van der Waals surface area contributed by atoms with E-state index in [4.69, 9.17) is 21.1 Å². The van der Waals surface area contributed by atoms with Crippen LogP contribution >= 0.6 is 22.9 Å². The smallest absolute Gasteiger partial charge is 0.410 e. The van der Waals surface area contributed by atoms with Crippen molar-refractivity contribution in [3.63, 3.8) is 0 Å². The fourth-order valence-corrected chi connectivity index (χ4v) is 6.59. The van der Waals surface area contributed by atoms with Crippen molar-refractivity contribution in [2.24, 2.45) is 0 Å². The van der Waals surface area contributed by atoms with E-state index in [2.05, 4.69) is 0 Å². The first-order chi connectivity index (χ1) is 14.4. The molecule has 2 heterocycles. The molecular formula is C20H25ClN2O6S2. The Balaban J connectivity index is 1.86. The highest BCUT2D eigenvalue weighted by molar-refractivity contribution is 7.91. The topological polar surface area (TPSA) is 93.2 Å². The summed E-state index contributed by atoms with van der Waals surface area (Å²) < 4.78 is 39.0.